The molecule has 1 aromatic heterocycles. The molecule has 2 heterocycles. The summed E-state index contributed by atoms with van der Waals surface area (Å²) in [6, 6.07) is 15.1. The van der Waals surface area contributed by atoms with E-state index in [1.54, 1.807) is 30.3 Å². The van der Waals surface area contributed by atoms with E-state index in [4.69, 9.17) is 0 Å². The number of nitrogens with zero attached hydrogens (tertiary/aromatic N) is 2. The molecule has 134 valence electrons. The van der Waals surface area contributed by atoms with Gasteiger partial charge in [0.25, 0.3) is 0 Å². The number of thiazole rings is 1. The molecule has 6 nitrogen and oxygen atoms in total. The van der Waals surface area contributed by atoms with Crippen molar-refractivity contribution in [1.29, 1.82) is 0 Å². The Morgan fingerprint density at radius 3 is 2.62 bits per heavy atom. The topological polar surface area (TPSA) is 79.4 Å². The highest BCUT2D eigenvalue weighted by Crippen LogP contribution is 2.29. The molecule has 1 fully saturated rings. The lowest BCUT2D eigenvalue weighted by Crippen LogP contribution is -2.43. The van der Waals surface area contributed by atoms with E-state index >= 15 is 0 Å². The van der Waals surface area contributed by atoms with Gasteiger partial charge in [0.05, 0.1) is 15.1 Å². The van der Waals surface area contributed by atoms with Crippen LogP contribution in [-0.2, 0) is 14.8 Å². The molecule has 1 aliphatic heterocycles. The van der Waals surface area contributed by atoms with E-state index < -0.39 is 16.1 Å². The summed E-state index contributed by atoms with van der Waals surface area (Å²) >= 11 is 1.38. The Morgan fingerprint density at radius 1 is 1.12 bits per heavy atom. The molecule has 0 saturated carbocycles. The number of rotatable bonds is 4. The maximum absolute atomic E-state index is 12.9. The Hall–Kier alpha value is -2.29. The molecule has 3 aromatic rings. The van der Waals surface area contributed by atoms with Crippen LogP contribution in [0.4, 0.5) is 5.13 Å². The Kier molecular flexibility index (Phi) is 4.47. The van der Waals surface area contributed by atoms with Crippen LogP contribution in [0.2, 0.25) is 0 Å². The molecule has 1 amide bonds. The Bertz CT molecular complexity index is 1010. The molecule has 4 rings (SSSR count). The average molecular weight is 387 g/mol. The predicted octanol–water partition coefficient (Wildman–Crippen LogP) is 3.09. The zero-order chi connectivity index (χ0) is 18.1. The molecule has 0 spiro atoms. The van der Waals surface area contributed by atoms with Crippen molar-refractivity contribution in [3.63, 3.8) is 0 Å². The second-order valence-corrected chi connectivity index (χ2v) is 8.98. The molecule has 1 unspecified atom stereocenters. The maximum atomic E-state index is 12.9. The van der Waals surface area contributed by atoms with Gasteiger partial charge in [0.1, 0.15) is 6.04 Å². The summed E-state index contributed by atoms with van der Waals surface area (Å²) in [4.78, 5) is 17.3. The van der Waals surface area contributed by atoms with Gasteiger partial charge < -0.3 is 5.32 Å². The Labute approximate surface area is 155 Å². The van der Waals surface area contributed by atoms with Crippen LogP contribution in [0.25, 0.3) is 10.2 Å². The lowest BCUT2D eigenvalue weighted by molar-refractivity contribution is -0.119. The standard InChI is InChI=1S/C18H17N3O3S2/c22-17(20-18-19-14-9-4-5-11-16(14)25-18)15-10-6-12-21(15)26(23,24)13-7-2-1-3-8-13/h1-5,7-9,11,15H,6,10,12H2,(H,19,20,22). The van der Waals surface area contributed by atoms with Crippen LogP contribution in [0.15, 0.2) is 59.5 Å². The summed E-state index contributed by atoms with van der Waals surface area (Å²) in [5.41, 5.74) is 0.813. The number of hydrogen-bond donors (Lipinski definition) is 1. The van der Waals surface area contributed by atoms with Crippen LogP contribution >= 0.6 is 11.3 Å². The van der Waals surface area contributed by atoms with E-state index in [9.17, 15) is 13.2 Å². The van der Waals surface area contributed by atoms with E-state index in [2.05, 4.69) is 10.3 Å². The van der Waals surface area contributed by atoms with Crippen molar-refractivity contribution < 1.29 is 13.2 Å². The molecule has 0 aliphatic carbocycles. The molecule has 8 heteroatoms. The molecule has 1 atom stereocenters. The van der Waals surface area contributed by atoms with Crippen molar-refractivity contribution >= 4 is 42.6 Å². The van der Waals surface area contributed by atoms with Crippen LogP contribution in [0, 0.1) is 0 Å². The van der Waals surface area contributed by atoms with Gasteiger partial charge in [-0.1, -0.05) is 41.7 Å². The molecule has 1 saturated heterocycles. The number of benzene rings is 2. The molecule has 0 radical (unpaired) electrons. The van der Waals surface area contributed by atoms with E-state index in [0.717, 1.165) is 10.2 Å². The van der Waals surface area contributed by atoms with Crippen molar-refractivity contribution in [3.05, 3.63) is 54.6 Å². The summed E-state index contributed by atoms with van der Waals surface area (Å²) in [6.45, 7) is 0.342. The fourth-order valence-corrected chi connectivity index (χ4v) is 5.68. The van der Waals surface area contributed by atoms with Gasteiger partial charge in [0.15, 0.2) is 5.13 Å². The second-order valence-electron chi connectivity index (χ2n) is 6.06. The van der Waals surface area contributed by atoms with Crippen LogP contribution in [0.5, 0.6) is 0 Å². The zero-order valence-corrected chi connectivity index (χ0v) is 15.5. The summed E-state index contributed by atoms with van der Waals surface area (Å²) in [5, 5.41) is 3.28. The minimum atomic E-state index is -3.69. The molecule has 0 bridgehead atoms. The van der Waals surface area contributed by atoms with Gasteiger partial charge >= 0.3 is 0 Å². The first kappa shape index (κ1) is 17.1. The van der Waals surface area contributed by atoms with Crippen LogP contribution in [0.1, 0.15) is 12.8 Å². The highest BCUT2D eigenvalue weighted by atomic mass is 32.2. The van der Waals surface area contributed by atoms with Gasteiger partial charge in [-0.3, -0.25) is 4.79 Å². The minimum absolute atomic E-state index is 0.208. The van der Waals surface area contributed by atoms with Gasteiger partial charge in [-0.15, -0.1) is 0 Å². The molecule has 2 aromatic carbocycles. The third kappa shape index (κ3) is 3.11. The van der Waals surface area contributed by atoms with Gasteiger partial charge in [-0.25, -0.2) is 13.4 Å². The van der Waals surface area contributed by atoms with Gasteiger partial charge in [0.2, 0.25) is 15.9 Å². The maximum Gasteiger partial charge on any atom is 0.244 e. The number of nitrogens with one attached hydrogen (secondary N) is 1. The van der Waals surface area contributed by atoms with Crippen molar-refractivity contribution in [1.82, 2.24) is 9.29 Å². The van der Waals surface area contributed by atoms with Crippen LogP contribution < -0.4 is 5.32 Å². The predicted molar refractivity (Wildman–Crippen MR) is 102 cm³/mol. The van der Waals surface area contributed by atoms with Crippen LogP contribution in [0.3, 0.4) is 0 Å². The number of aromatic nitrogens is 1. The van der Waals surface area contributed by atoms with E-state index in [1.165, 1.54) is 15.6 Å². The molecule has 26 heavy (non-hydrogen) atoms. The Balaban J connectivity index is 1.57. The van der Waals surface area contributed by atoms with Crippen molar-refractivity contribution in [2.75, 3.05) is 11.9 Å². The minimum Gasteiger partial charge on any atom is -0.301 e. The van der Waals surface area contributed by atoms with E-state index in [0.29, 0.717) is 24.5 Å². The van der Waals surface area contributed by atoms with Gasteiger partial charge in [0, 0.05) is 6.54 Å². The number of para-hydroxylation sites is 1. The van der Waals surface area contributed by atoms with Gasteiger partial charge in [-0.2, -0.15) is 4.31 Å². The lowest BCUT2D eigenvalue weighted by atomic mass is 10.2. The average Bonchev–Trinajstić information content (AvgIpc) is 3.29. The van der Waals surface area contributed by atoms with Crippen molar-refractivity contribution in [2.45, 2.75) is 23.8 Å². The molecule has 1 aliphatic rings. The van der Waals surface area contributed by atoms with E-state index in [1.807, 2.05) is 24.3 Å². The largest absolute Gasteiger partial charge is 0.301 e. The fraction of sp³-hybridized carbons (Fsp3) is 0.222. The number of amides is 1. The SMILES string of the molecule is O=C(Nc1nc2ccccc2s1)C1CCCN1S(=O)(=O)c1ccccc1. The number of carbonyl (C=O) groups excluding carboxylic acids is 1. The quantitative estimate of drug-likeness (QED) is 0.746. The first-order valence-electron chi connectivity index (χ1n) is 8.29. The third-order valence-electron chi connectivity index (χ3n) is 4.38. The normalized spacial score (nSPS) is 18.2. The monoisotopic (exact) mass is 387 g/mol. The molecule has 1 N–H and O–H groups in total. The molecular weight excluding hydrogens is 370 g/mol. The van der Waals surface area contributed by atoms with Crippen LogP contribution in [-0.4, -0.2) is 36.2 Å². The van der Waals surface area contributed by atoms with E-state index in [-0.39, 0.29) is 10.8 Å². The number of anilines is 1. The highest BCUT2D eigenvalue weighted by Gasteiger charge is 2.39. The lowest BCUT2D eigenvalue weighted by Gasteiger charge is -2.22. The van der Waals surface area contributed by atoms with Gasteiger partial charge in [-0.05, 0) is 37.1 Å². The number of sulfonamides is 1. The fourth-order valence-electron chi connectivity index (χ4n) is 3.13. The zero-order valence-electron chi connectivity index (χ0n) is 13.8. The summed E-state index contributed by atoms with van der Waals surface area (Å²) in [7, 11) is -3.69. The number of carbonyl (C=O) groups is 1. The summed E-state index contributed by atoms with van der Waals surface area (Å²) < 4.78 is 28.0. The first-order valence-corrected chi connectivity index (χ1v) is 10.5. The smallest absolute Gasteiger partial charge is 0.244 e. The first-order chi connectivity index (χ1) is 12.6. The van der Waals surface area contributed by atoms with Crippen molar-refractivity contribution in [2.24, 2.45) is 0 Å². The number of fused-ring (bicyclic) bond motifs is 1. The highest BCUT2D eigenvalue weighted by molar-refractivity contribution is 7.89. The third-order valence-corrected chi connectivity index (χ3v) is 7.25. The summed E-state index contributed by atoms with van der Waals surface area (Å²) in [5.74, 6) is -0.332. The molecular formula is C18H17N3O3S2. The summed E-state index contributed by atoms with van der Waals surface area (Å²) in [6.07, 6.45) is 1.16. The number of hydrogen-bond acceptors (Lipinski definition) is 5. The Morgan fingerprint density at radius 2 is 1.85 bits per heavy atom. The second kappa shape index (κ2) is 6.79. The van der Waals surface area contributed by atoms with Crippen molar-refractivity contribution in [3.8, 4) is 0 Å².